The van der Waals surface area contributed by atoms with E-state index in [1.165, 1.54) is 29.1 Å². The molecule has 0 bridgehead atoms. The van der Waals surface area contributed by atoms with Gasteiger partial charge in [-0.1, -0.05) is 25.1 Å². The van der Waals surface area contributed by atoms with Gasteiger partial charge in [-0.25, -0.2) is 4.39 Å². The molecule has 2 heterocycles. The van der Waals surface area contributed by atoms with Crippen LogP contribution in [0.1, 0.15) is 47.1 Å². The second kappa shape index (κ2) is 10.8. The van der Waals surface area contributed by atoms with Crippen LogP contribution in [-0.2, 0) is 11.2 Å². The minimum Gasteiger partial charge on any atom is -0.491 e. The van der Waals surface area contributed by atoms with E-state index in [0.717, 1.165) is 17.7 Å². The molecule has 0 saturated heterocycles. The summed E-state index contributed by atoms with van der Waals surface area (Å²) in [5.41, 5.74) is 1.48. The highest BCUT2D eigenvalue weighted by Crippen LogP contribution is 2.34. The van der Waals surface area contributed by atoms with Crippen LogP contribution in [0, 0.1) is 5.82 Å². The number of thiophene rings is 1. The average molecular weight is 481 g/mol. The highest BCUT2D eigenvalue weighted by atomic mass is 32.1. The van der Waals surface area contributed by atoms with Crippen molar-refractivity contribution >= 4 is 23.2 Å². The zero-order chi connectivity index (χ0) is 24.1. The Morgan fingerprint density at radius 3 is 2.59 bits per heavy atom. The highest BCUT2D eigenvalue weighted by molar-refractivity contribution is 7.10. The van der Waals surface area contributed by atoms with Crippen LogP contribution in [0.3, 0.4) is 0 Å². The summed E-state index contributed by atoms with van der Waals surface area (Å²) in [6.45, 7) is 4.79. The molecular formula is C27H29FN2O3S. The lowest BCUT2D eigenvalue weighted by atomic mass is 10.00. The lowest BCUT2D eigenvalue weighted by Crippen LogP contribution is -2.49. The normalized spacial score (nSPS) is 16.0. The van der Waals surface area contributed by atoms with Gasteiger partial charge in [-0.3, -0.25) is 9.59 Å². The van der Waals surface area contributed by atoms with Gasteiger partial charge in [0.2, 0.25) is 5.91 Å². The van der Waals surface area contributed by atoms with Crippen LogP contribution in [0.25, 0.3) is 0 Å². The van der Waals surface area contributed by atoms with Crippen molar-refractivity contribution in [3.8, 4) is 5.75 Å². The Balaban J connectivity index is 1.54. The average Bonchev–Trinajstić information content (AvgIpc) is 3.35. The zero-order valence-corrected chi connectivity index (χ0v) is 20.3. The zero-order valence-electron chi connectivity index (χ0n) is 19.4. The smallest absolute Gasteiger partial charge is 0.254 e. The van der Waals surface area contributed by atoms with Gasteiger partial charge in [-0.15, -0.1) is 11.3 Å². The monoisotopic (exact) mass is 480 g/mol. The maximum atomic E-state index is 13.6. The Labute approximate surface area is 203 Å². The lowest BCUT2D eigenvalue weighted by Gasteiger charge is -2.38. The van der Waals surface area contributed by atoms with Gasteiger partial charge in [0, 0.05) is 23.0 Å². The quantitative estimate of drug-likeness (QED) is 0.438. The van der Waals surface area contributed by atoms with Crippen molar-refractivity contribution < 1.29 is 18.7 Å². The number of ether oxygens (including phenoxy) is 1. The van der Waals surface area contributed by atoms with Crippen molar-refractivity contribution in [2.24, 2.45) is 0 Å². The molecule has 0 fully saturated rings. The van der Waals surface area contributed by atoms with Crippen LogP contribution in [-0.4, -0.2) is 47.4 Å². The molecule has 0 saturated carbocycles. The third-order valence-electron chi connectivity index (χ3n) is 6.35. The number of halogens is 1. The number of carbonyl (C=O) groups is 2. The first kappa shape index (κ1) is 24.0. The molecule has 4 rings (SSSR count). The number of rotatable bonds is 8. The van der Waals surface area contributed by atoms with E-state index in [1.807, 2.05) is 49.1 Å². The summed E-state index contributed by atoms with van der Waals surface area (Å²) in [5.74, 6) is -0.0314. The van der Waals surface area contributed by atoms with Gasteiger partial charge in [-0.05, 0) is 73.2 Å². The van der Waals surface area contributed by atoms with E-state index in [9.17, 15) is 14.0 Å². The van der Waals surface area contributed by atoms with Crippen LogP contribution < -0.4 is 4.74 Å². The first-order chi connectivity index (χ1) is 16.5. The maximum Gasteiger partial charge on any atom is 0.254 e. The number of amides is 2. The van der Waals surface area contributed by atoms with Crippen molar-refractivity contribution in [1.29, 1.82) is 0 Å². The van der Waals surface area contributed by atoms with Crippen molar-refractivity contribution in [1.82, 2.24) is 9.80 Å². The summed E-state index contributed by atoms with van der Waals surface area (Å²) in [5, 5.41) is 2.05. The molecule has 178 valence electrons. The van der Waals surface area contributed by atoms with Crippen molar-refractivity contribution in [2.75, 3.05) is 19.7 Å². The summed E-state index contributed by atoms with van der Waals surface area (Å²) in [7, 11) is 0. The number of hydrogen-bond acceptors (Lipinski definition) is 4. The predicted molar refractivity (Wildman–Crippen MR) is 132 cm³/mol. The summed E-state index contributed by atoms with van der Waals surface area (Å²) in [4.78, 5) is 31.5. The van der Waals surface area contributed by atoms with Gasteiger partial charge >= 0.3 is 0 Å². The van der Waals surface area contributed by atoms with E-state index in [4.69, 9.17) is 4.74 Å². The molecule has 2 amide bonds. The van der Waals surface area contributed by atoms with Gasteiger partial charge < -0.3 is 14.5 Å². The first-order valence-corrected chi connectivity index (χ1v) is 12.5. The topological polar surface area (TPSA) is 49.9 Å². The molecule has 0 spiro atoms. The van der Waals surface area contributed by atoms with Gasteiger partial charge in [0.15, 0.2) is 0 Å². The molecule has 34 heavy (non-hydrogen) atoms. The molecule has 0 N–H and O–H groups in total. The molecule has 1 aliphatic rings. The predicted octanol–water partition coefficient (Wildman–Crippen LogP) is 5.33. The van der Waals surface area contributed by atoms with Gasteiger partial charge in [-0.2, -0.15) is 0 Å². The molecular weight excluding hydrogens is 451 g/mol. The van der Waals surface area contributed by atoms with Crippen LogP contribution >= 0.6 is 11.3 Å². The number of para-hydroxylation sites is 1. The van der Waals surface area contributed by atoms with Gasteiger partial charge in [0.25, 0.3) is 5.91 Å². The molecule has 0 unspecified atom stereocenters. The minimum absolute atomic E-state index is 0.0352. The molecule has 1 aliphatic heterocycles. The molecule has 3 aromatic rings. The Kier molecular flexibility index (Phi) is 7.63. The summed E-state index contributed by atoms with van der Waals surface area (Å²) >= 11 is 1.70. The molecule has 1 aromatic heterocycles. The van der Waals surface area contributed by atoms with E-state index in [2.05, 4.69) is 11.4 Å². The molecule has 2 aromatic carbocycles. The molecule has 2 atom stereocenters. The molecule has 0 aliphatic carbocycles. The van der Waals surface area contributed by atoms with E-state index in [-0.39, 0.29) is 30.4 Å². The Morgan fingerprint density at radius 2 is 1.88 bits per heavy atom. The number of benzene rings is 2. The van der Waals surface area contributed by atoms with Crippen LogP contribution in [0.4, 0.5) is 4.39 Å². The van der Waals surface area contributed by atoms with Crippen LogP contribution in [0.5, 0.6) is 5.75 Å². The highest BCUT2D eigenvalue weighted by Gasteiger charge is 2.34. The number of carbonyl (C=O) groups excluding carboxylic acids is 2. The third-order valence-corrected chi connectivity index (χ3v) is 7.34. The fourth-order valence-electron chi connectivity index (χ4n) is 4.21. The van der Waals surface area contributed by atoms with Crippen molar-refractivity contribution in [3.63, 3.8) is 0 Å². The van der Waals surface area contributed by atoms with E-state index < -0.39 is 5.82 Å². The van der Waals surface area contributed by atoms with E-state index in [0.29, 0.717) is 25.1 Å². The summed E-state index contributed by atoms with van der Waals surface area (Å²) < 4.78 is 19.4. The third kappa shape index (κ3) is 5.30. The summed E-state index contributed by atoms with van der Waals surface area (Å²) in [6, 6.07) is 16.7. The van der Waals surface area contributed by atoms with Crippen molar-refractivity contribution in [3.05, 3.63) is 87.9 Å². The molecule has 0 radical (unpaired) electrons. The second-order valence-corrected chi connectivity index (χ2v) is 9.47. The SMILES string of the molecule is CC[C@@H](C)N(CC(=O)N1CCc2sccc2[C@H]1COc1ccccc1)C(=O)c1ccc(F)cc1. The Hall–Kier alpha value is -3.19. The van der Waals surface area contributed by atoms with Crippen molar-refractivity contribution in [2.45, 2.75) is 38.8 Å². The fourth-order valence-corrected chi connectivity index (χ4v) is 5.14. The van der Waals surface area contributed by atoms with Crippen LogP contribution in [0.2, 0.25) is 0 Å². The van der Waals surface area contributed by atoms with E-state index >= 15 is 0 Å². The Bertz CT molecular complexity index is 1120. The number of fused-ring (bicyclic) bond motifs is 1. The minimum atomic E-state index is -0.399. The first-order valence-electron chi connectivity index (χ1n) is 11.6. The van der Waals surface area contributed by atoms with Crippen LogP contribution in [0.15, 0.2) is 66.0 Å². The Morgan fingerprint density at radius 1 is 1.15 bits per heavy atom. The fraction of sp³-hybridized carbons (Fsp3) is 0.333. The lowest BCUT2D eigenvalue weighted by molar-refractivity contribution is -0.136. The van der Waals surface area contributed by atoms with Gasteiger partial charge in [0.05, 0.1) is 6.04 Å². The number of hydrogen-bond donors (Lipinski definition) is 0. The largest absolute Gasteiger partial charge is 0.491 e. The molecule has 7 heteroatoms. The van der Waals surface area contributed by atoms with Gasteiger partial charge in [0.1, 0.15) is 24.7 Å². The second-order valence-electron chi connectivity index (χ2n) is 8.47. The summed E-state index contributed by atoms with van der Waals surface area (Å²) in [6.07, 6.45) is 1.49. The molecule has 5 nitrogen and oxygen atoms in total. The van der Waals surface area contributed by atoms with E-state index in [1.54, 1.807) is 16.2 Å². The standard InChI is InChI=1S/C27H29FN2O3S/c1-3-19(2)30(27(32)20-9-11-21(28)12-10-20)17-26(31)29-15-13-25-23(14-16-34-25)24(29)18-33-22-7-5-4-6-8-22/h4-12,14,16,19,24H,3,13,15,17-18H2,1-2H3/t19-,24-/m1/s1. The number of nitrogens with zero attached hydrogens (tertiary/aromatic N) is 2. The maximum absolute atomic E-state index is 13.6.